The number of halogens is 1. The normalized spacial score (nSPS) is 14.3. The molecule has 5 nitrogen and oxygen atoms in total. The van der Waals surface area contributed by atoms with Crippen molar-refractivity contribution in [3.8, 4) is 0 Å². The number of nitrogens with zero attached hydrogens (tertiary/aromatic N) is 3. The lowest BCUT2D eigenvalue weighted by Gasteiger charge is -2.36. The van der Waals surface area contributed by atoms with Crippen LogP contribution in [0.4, 0.5) is 11.4 Å². The van der Waals surface area contributed by atoms with Gasteiger partial charge in [-0.2, -0.15) is 0 Å². The van der Waals surface area contributed by atoms with E-state index in [1.807, 2.05) is 35.2 Å². The van der Waals surface area contributed by atoms with Gasteiger partial charge in [-0.3, -0.25) is 4.79 Å². The number of anilines is 2. The monoisotopic (exact) mass is 386 g/mol. The molecular formula is C21H27ClN4O. The van der Waals surface area contributed by atoms with Crippen molar-refractivity contribution in [2.24, 2.45) is 0 Å². The molecule has 0 unspecified atom stereocenters. The zero-order valence-electron chi connectivity index (χ0n) is 15.8. The van der Waals surface area contributed by atoms with Gasteiger partial charge in [0.1, 0.15) is 5.69 Å². The maximum Gasteiger partial charge on any atom is 0.272 e. The molecule has 0 bridgehead atoms. The first-order valence-electron chi connectivity index (χ1n) is 9.67. The van der Waals surface area contributed by atoms with Gasteiger partial charge in [0.15, 0.2) is 0 Å². The molecular weight excluding hydrogens is 360 g/mol. The van der Waals surface area contributed by atoms with Crippen LogP contribution in [0, 0.1) is 0 Å². The van der Waals surface area contributed by atoms with Crippen molar-refractivity contribution in [2.75, 3.05) is 42.9 Å². The van der Waals surface area contributed by atoms with Crippen LogP contribution in [-0.4, -0.2) is 48.5 Å². The average Bonchev–Trinajstić information content (AvgIpc) is 2.71. The number of pyridine rings is 1. The van der Waals surface area contributed by atoms with Gasteiger partial charge in [0.2, 0.25) is 0 Å². The van der Waals surface area contributed by atoms with Gasteiger partial charge >= 0.3 is 0 Å². The number of piperazine rings is 1. The molecule has 1 N–H and O–H groups in total. The minimum Gasteiger partial charge on any atom is -0.384 e. The molecule has 0 aliphatic carbocycles. The van der Waals surface area contributed by atoms with Crippen LogP contribution in [0.2, 0.25) is 5.02 Å². The number of aromatic nitrogens is 1. The smallest absolute Gasteiger partial charge is 0.272 e. The molecule has 1 aromatic heterocycles. The number of hydrogen-bond acceptors (Lipinski definition) is 4. The Labute approximate surface area is 166 Å². The van der Waals surface area contributed by atoms with Crippen molar-refractivity contribution < 1.29 is 4.79 Å². The topological polar surface area (TPSA) is 48.5 Å². The second-order valence-corrected chi connectivity index (χ2v) is 7.26. The van der Waals surface area contributed by atoms with Crippen LogP contribution in [0.5, 0.6) is 0 Å². The number of amides is 1. The molecule has 0 radical (unpaired) electrons. The predicted molar refractivity (Wildman–Crippen MR) is 112 cm³/mol. The Morgan fingerprint density at radius 3 is 2.63 bits per heavy atom. The molecule has 1 fully saturated rings. The molecule has 27 heavy (non-hydrogen) atoms. The van der Waals surface area contributed by atoms with E-state index in [9.17, 15) is 4.79 Å². The zero-order valence-corrected chi connectivity index (χ0v) is 16.6. The van der Waals surface area contributed by atoms with E-state index in [0.717, 1.165) is 42.5 Å². The maximum atomic E-state index is 12.7. The summed E-state index contributed by atoms with van der Waals surface area (Å²) in [5.41, 5.74) is 2.57. The Morgan fingerprint density at radius 2 is 1.96 bits per heavy atom. The van der Waals surface area contributed by atoms with Gasteiger partial charge < -0.3 is 15.1 Å². The molecule has 1 amide bonds. The molecule has 1 aliphatic rings. The molecule has 144 valence electrons. The third-order valence-electron chi connectivity index (χ3n) is 4.83. The van der Waals surface area contributed by atoms with Gasteiger partial charge in [0, 0.05) is 43.4 Å². The van der Waals surface area contributed by atoms with Crippen molar-refractivity contribution >= 4 is 28.9 Å². The quantitative estimate of drug-likeness (QED) is 0.721. The van der Waals surface area contributed by atoms with Crippen LogP contribution in [0.1, 0.15) is 36.7 Å². The van der Waals surface area contributed by atoms with Gasteiger partial charge in [-0.05, 0) is 36.8 Å². The zero-order chi connectivity index (χ0) is 19.1. The summed E-state index contributed by atoms with van der Waals surface area (Å²) in [5, 5.41) is 4.08. The summed E-state index contributed by atoms with van der Waals surface area (Å²) in [5.74, 6) is -0.00160. The second-order valence-electron chi connectivity index (χ2n) is 6.83. The summed E-state index contributed by atoms with van der Waals surface area (Å²) in [6.45, 7) is 6.09. The Bertz CT molecular complexity index is 742. The molecule has 1 aromatic carbocycles. The van der Waals surface area contributed by atoms with Crippen LogP contribution in [0.3, 0.4) is 0 Å². The summed E-state index contributed by atoms with van der Waals surface area (Å²) in [7, 11) is 0. The minimum absolute atomic E-state index is 0.00160. The highest BCUT2D eigenvalue weighted by atomic mass is 35.5. The van der Waals surface area contributed by atoms with Crippen LogP contribution in [-0.2, 0) is 0 Å². The first-order chi connectivity index (χ1) is 13.2. The van der Waals surface area contributed by atoms with E-state index in [4.69, 9.17) is 11.6 Å². The summed E-state index contributed by atoms with van der Waals surface area (Å²) in [6.07, 6.45) is 5.32. The Hall–Kier alpha value is -2.27. The summed E-state index contributed by atoms with van der Waals surface area (Å²) in [6, 6.07) is 11.6. The second kappa shape index (κ2) is 9.60. The van der Waals surface area contributed by atoms with Crippen LogP contribution in [0.25, 0.3) is 0 Å². The highest BCUT2D eigenvalue weighted by Crippen LogP contribution is 2.21. The molecule has 1 saturated heterocycles. The van der Waals surface area contributed by atoms with E-state index in [1.54, 1.807) is 6.20 Å². The largest absolute Gasteiger partial charge is 0.384 e. The highest BCUT2D eigenvalue weighted by molar-refractivity contribution is 6.30. The van der Waals surface area contributed by atoms with Gasteiger partial charge in [-0.1, -0.05) is 37.4 Å². The standard InChI is InChI=1S/C21H27ClN4O/c1-2-3-4-10-23-18-8-9-20(24-16-18)21(27)26-13-11-25(12-14-26)19-7-5-6-17(22)15-19/h5-9,15-16,23H,2-4,10-14H2,1H3. The number of carbonyl (C=O) groups is 1. The Kier molecular flexibility index (Phi) is 6.93. The number of nitrogens with one attached hydrogen (secondary N) is 1. The number of benzene rings is 1. The van der Waals surface area contributed by atoms with Crippen molar-refractivity contribution in [2.45, 2.75) is 26.2 Å². The SMILES string of the molecule is CCCCCNc1ccc(C(=O)N2CCN(c3cccc(Cl)c3)CC2)nc1. The van der Waals surface area contributed by atoms with E-state index in [1.165, 1.54) is 12.8 Å². The van der Waals surface area contributed by atoms with E-state index in [2.05, 4.69) is 28.2 Å². The summed E-state index contributed by atoms with van der Waals surface area (Å²) in [4.78, 5) is 21.2. The maximum absolute atomic E-state index is 12.7. The molecule has 0 atom stereocenters. The molecule has 1 aliphatic heterocycles. The molecule has 0 saturated carbocycles. The van der Waals surface area contributed by atoms with Crippen molar-refractivity contribution in [3.05, 3.63) is 53.3 Å². The number of hydrogen-bond donors (Lipinski definition) is 1. The van der Waals surface area contributed by atoms with Gasteiger partial charge in [-0.25, -0.2) is 4.98 Å². The first-order valence-corrected chi connectivity index (χ1v) is 10.0. The number of rotatable bonds is 7. The van der Waals surface area contributed by atoms with Crippen molar-refractivity contribution in [1.29, 1.82) is 0 Å². The number of unbranched alkanes of at least 4 members (excludes halogenated alkanes) is 2. The first kappa shape index (κ1) is 19.5. The van der Waals surface area contributed by atoms with Gasteiger partial charge in [0.25, 0.3) is 5.91 Å². The van der Waals surface area contributed by atoms with Crippen LogP contribution < -0.4 is 10.2 Å². The average molecular weight is 387 g/mol. The lowest BCUT2D eigenvalue weighted by Crippen LogP contribution is -2.49. The fourth-order valence-corrected chi connectivity index (χ4v) is 3.42. The lowest BCUT2D eigenvalue weighted by atomic mass is 10.2. The Morgan fingerprint density at radius 1 is 1.15 bits per heavy atom. The fraction of sp³-hybridized carbons (Fsp3) is 0.429. The van der Waals surface area contributed by atoms with Gasteiger partial charge in [0.05, 0.1) is 11.9 Å². The predicted octanol–water partition coefficient (Wildman–Crippen LogP) is 4.30. The third-order valence-corrected chi connectivity index (χ3v) is 5.07. The van der Waals surface area contributed by atoms with Crippen molar-refractivity contribution in [1.82, 2.24) is 9.88 Å². The number of carbonyl (C=O) groups excluding carboxylic acids is 1. The van der Waals surface area contributed by atoms with Crippen LogP contribution >= 0.6 is 11.6 Å². The summed E-state index contributed by atoms with van der Waals surface area (Å²) >= 11 is 6.08. The minimum atomic E-state index is -0.00160. The van der Waals surface area contributed by atoms with E-state index < -0.39 is 0 Å². The lowest BCUT2D eigenvalue weighted by molar-refractivity contribution is 0.0741. The van der Waals surface area contributed by atoms with E-state index in [0.29, 0.717) is 18.8 Å². The fourth-order valence-electron chi connectivity index (χ4n) is 3.24. The van der Waals surface area contributed by atoms with E-state index in [-0.39, 0.29) is 5.91 Å². The van der Waals surface area contributed by atoms with Crippen LogP contribution in [0.15, 0.2) is 42.6 Å². The molecule has 6 heteroatoms. The molecule has 3 rings (SSSR count). The van der Waals surface area contributed by atoms with E-state index >= 15 is 0 Å². The third kappa shape index (κ3) is 5.36. The molecule has 0 spiro atoms. The molecule has 2 aromatic rings. The van der Waals surface area contributed by atoms with Crippen molar-refractivity contribution in [3.63, 3.8) is 0 Å². The Balaban J connectivity index is 1.51. The summed E-state index contributed by atoms with van der Waals surface area (Å²) < 4.78 is 0. The highest BCUT2D eigenvalue weighted by Gasteiger charge is 2.23. The molecule has 2 heterocycles. The van der Waals surface area contributed by atoms with Gasteiger partial charge in [-0.15, -0.1) is 0 Å².